The number of rotatable bonds is 2. The zero-order chi connectivity index (χ0) is 22.7. The van der Waals surface area contributed by atoms with Crippen LogP contribution in [0.5, 0.6) is 0 Å². The van der Waals surface area contributed by atoms with Gasteiger partial charge in [0, 0.05) is 57.5 Å². The van der Waals surface area contributed by atoms with E-state index in [1.54, 1.807) is 0 Å². The molecule has 1 aromatic carbocycles. The molecule has 1 atom stereocenters. The summed E-state index contributed by atoms with van der Waals surface area (Å²) in [6.45, 7) is 5.55. The quantitative estimate of drug-likeness (QED) is 0.627. The summed E-state index contributed by atoms with van der Waals surface area (Å²) >= 11 is 0. The van der Waals surface area contributed by atoms with Crippen LogP contribution in [0, 0.1) is 5.41 Å². The van der Waals surface area contributed by atoms with E-state index in [0.717, 1.165) is 77.8 Å². The number of carbonyl (C=O) groups excluding carboxylic acids is 2. The van der Waals surface area contributed by atoms with E-state index < -0.39 is 0 Å². The maximum Gasteiger partial charge on any atom is 0.320 e. The van der Waals surface area contributed by atoms with Crippen LogP contribution >= 0.6 is 0 Å². The average Bonchev–Trinajstić information content (AvgIpc) is 3.16. The first kappa shape index (κ1) is 22.5. The van der Waals surface area contributed by atoms with Gasteiger partial charge in [0.15, 0.2) is 0 Å². The molecule has 4 fully saturated rings. The fourth-order valence-electron chi connectivity index (χ4n) is 6.69. The van der Waals surface area contributed by atoms with E-state index in [-0.39, 0.29) is 11.4 Å². The molecule has 33 heavy (non-hydrogen) atoms. The Hall–Kier alpha value is -2.24. The number of anilines is 1. The molecule has 0 radical (unpaired) electrons. The highest BCUT2D eigenvalue weighted by atomic mass is 16.2. The fourth-order valence-corrected chi connectivity index (χ4v) is 6.69. The molecule has 4 aliphatic rings. The van der Waals surface area contributed by atoms with Gasteiger partial charge in [-0.25, -0.2) is 4.79 Å². The third-order valence-corrected chi connectivity index (χ3v) is 8.55. The normalized spacial score (nSPS) is 27.7. The van der Waals surface area contributed by atoms with Crippen molar-refractivity contribution in [1.82, 2.24) is 14.7 Å². The first-order valence-corrected chi connectivity index (χ1v) is 13.3. The minimum Gasteiger partial charge on any atom is -0.368 e. The van der Waals surface area contributed by atoms with Gasteiger partial charge < -0.3 is 19.6 Å². The molecular weight excluding hydrogens is 412 g/mol. The molecule has 3 saturated heterocycles. The second kappa shape index (κ2) is 9.94. The summed E-state index contributed by atoms with van der Waals surface area (Å²) in [5, 5.41) is 0. The van der Waals surface area contributed by atoms with Gasteiger partial charge in [0.1, 0.15) is 0 Å². The highest BCUT2D eigenvalue weighted by Gasteiger charge is 2.49. The Labute approximate surface area is 198 Å². The number of piperidine rings is 2. The highest BCUT2D eigenvalue weighted by Crippen LogP contribution is 2.41. The van der Waals surface area contributed by atoms with Gasteiger partial charge in [-0.05, 0) is 50.7 Å². The summed E-state index contributed by atoms with van der Waals surface area (Å²) in [5.74, 6) is 0.354. The Bertz CT molecular complexity index is 811. The number of likely N-dealkylation sites (tertiary alicyclic amines) is 2. The smallest absolute Gasteiger partial charge is 0.320 e. The Morgan fingerprint density at radius 1 is 0.758 bits per heavy atom. The number of carbonyl (C=O) groups is 2. The Kier molecular flexibility index (Phi) is 6.79. The highest BCUT2D eigenvalue weighted by molar-refractivity contribution is 5.85. The Balaban J connectivity index is 1.22. The molecule has 0 bridgehead atoms. The lowest BCUT2D eigenvalue weighted by atomic mass is 9.72. The van der Waals surface area contributed by atoms with Gasteiger partial charge >= 0.3 is 6.03 Å². The topological polar surface area (TPSA) is 47.1 Å². The number of nitrogens with zero attached hydrogens (tertiary/aromatic N) is 4. The monoisotopic (exact) mass is 452 g/mol. The second-order valence-electron chi connectivity index (χ2n) is 10.6. The summed E-state index contributed by atoms with van der Waals surface area (Å²) in [6.07, 6.45) is 11.4. The number of urea groups is 1. The van der Waals surface area contributed by atoms with Crippen molar-refractivity contribution in [1.29, 1.82) is 0 Å². The third-order valence-electron chi connectivity index (χ3n) is 8.55. The lowest BCUT2D eigenvalue weighted by molar-refractivity contribution is -0.153. The molecule has 1 unspecified atom stereocenters. The average molecular weight is 453 g/mol. The predicted molar refractivity (Wildman–Crippen MR) is 131 cm³/mol. The number of amides is 3. The molecule has 1 saturated carbocycles. The Morgan fingerprint density at radius 2 is 1.42 bits per heavy atom. The van der Waals surface area contributed by atoms with E-state index in [1.807, 2.05) is 15.9 Å². The lowest BCUT2D eigenvalue weighted by Gasteiger charge is -2.50. The van der Waals surface area contributed by atoms with Crippen LogP contribution in [0.3, 0.4) is 0 Å². The molecule has 0 aromatic heterocycles. The molecule has 1 aliphatic carbocycles. The van der Waals surface area contributed by atoms with Gasteiger partial charge in [-0.1, -0.05) is 43.9 Å². The molecule has 3 aliphatic heterocycles. The van der Waals surface area contributed by atoms with Gasteiger partial charge in [-0.3, -0.25) is 4.79 Å². The van der Waals surface area contributed by atoms with E-state index in [4.69, 9.17) is 0 Å². The van der Waals surface area contributed by atoms with Crippen molar-refractivity contribution < 1.29 is 9.59 Å². The summed E-state index contributed by atoms with van der Waals surface area (Å²) in [7, 11) is 0. The maximum absolute atomic E-state index is 13.8. The van der Waals surface area contributed by atoms with Gasteiger partial charge in [-0.2, -0.15) is 0 Å². The molecule has 3 heterocycles. The molecule has 3 amide bonds. The molecule has 180 valence electrons. The number of para-hydroxylation sites is 1. The van der Waals surface area contributed by atoms with Crippen LogP contribution in [-0.2, 0) is 4.79 Å². The number of piperazine rings is 1. The molecule has 6 heteroatoms. The number of hydrogen-bond acceptors (Lipinski definition) is 3. The predicted octanol–water partition coefficient (Wildman–Crippen LogP) is 4.36. The third kappa shape index (κ3) is 4.71. The van der Waals surface area contributed by atoms with Gasteiger partial charge in [0.25, 0.3) is 0 Å². The van der Waals surface area contributed by atoms with Crippen molar-refractivity contribution in [2.45, 2.75) is 70.3 Å². The van der Waals surface area contributed by atoms with Crippen molar-refractivity contribution in [3.05, 3.63) is 30.3 Å². The van der Waals surface area contributed by atoms with Crippen LogP contribution < -0.4 is 4.90 Å². The van der Waals surface area contributed by atoms with Crippen molar-refractivity contribution in [2.75, 3.05) is 50.7 Å². The Morgan fingerprint density at radius 3 is 2.12 bits per heavy atom. The molecular formula is C27H40N4O2. The minimum atomic E-state index is -0.343. The van der Waals surface area contributed by atoms with E-state index in [0.29, 0.717) is 18.5 Å². The van der Waals surface area contributed by atoms with Crippen LogP contribution in [0.15, 0.2) is 30.3 Å². The largest absolute Gasteiger partial charge is 0.368 e. The second-order valence-corrected chi connectivity index (χ2v) is 10.6. The molecule has 6 nitrogen and oxygen atoms in total. The number of hydrogen-bond donors (Lipinski definition) is 0. The van der Waals surface area contributed by atoms with Crippen LogP contribution in [0.4, 0.5) is 10.5 Å². The van der Waals surface area contributed by atoms with E-state index in [2.05, 4.69) is 34.1 Å². The molecule has 0 N–H and O–H groups in total. The van der Waals surface area contributed by atoms with E-state index in [9.17, 15) is 9.59 Å². The van der Waals surface area contributed by atoms with Crippen molar-refractivity contribution in [3.63, 3.8) is 0 Å². The SMILES string of the molecule is O=C(N1CCN(c2ccccc2)CC1)N1CCCC2(CCCN(C3CCCCCC3)C2=O)C1. The van der Waals surface area contributed by atoms with Gasteiger partial charge in [0.05, 0.1) is 5.41 Å². The lowest BCUT2D eigenvalue weighted by Crippen LogP contribution is -2.61. The van der Waals surface area contributed by atoms with Crippen molar-refractivity contribution in [3.8, 4) is 0 Å². The molecule has 1 aromatic rings. The van der Waals surface area contributed by atoms with E-state index >= 15 is 0 Å². The number of benzene rings is 1. The van der Waals surface area contributed by atoms with Crippen molar-refractivity contribution in [2.24, 2.45) is 5.41 Å². The standard InChI is InChI=1S/C27H40N4O2/c32-25-27(15-9-17-31(25)24-12-4-1-2-5-13-24)14-8-16-30(22-27)26(33)29-20-18-28(19-21-29)23-10-6-3-7-11-23/h3,6-7,10-11,24H,1-2,4-5,8-9,12-22H2. The van der Waals surface area contributed by atoms with Crippen LogP contribution in [0.2, 0.25) is 0 Å². The summed E-state index contributed by atoms with van der Waals surface area (Å²) < 4.78 is 0. The zero-order valence-electron chi connectivity index (χ0n) is 20.1. The van der Waals surface area contributed by atoms with Crippen LogP contribution in [-0.4, -0.2) is 78.5 Å². The van der Waals surface area contributed by atoms with E-state index in [1.165, 1.54) is 31.4 Å². The molecule has 5 rings (SSSR count). The first-order chi connectivity index (χ1) is 16.2. The maximum atomic E-state index is 13.8. The van der Waals surface area contributed by atoms with Crippen LogP contribution in [0.1, 0.15) is 64.2 Å². The van der Waals surface area contributed by atoms with Gasteiger partial charge in [-0.15, -0.1) is 0 Å². The zero-order valence-corrected chi connectivity index (χ0v) is 20.1. The van der Waals surface area contributed by atoms with Gasteiger partial charge in [0.2, 0.25) is 5.91 Å². The summed E-state index contributed by atoms with van der Waals surface area (Å²) in [6, 6.07) is 11.0. The van der Waals surface area contributed by atoms with Crippen molar-refractivity contribution >= 4 is 17.6 Å². The summed E-state index contributed by atoms with van der Waals surface area (Å²) in [4.78, 5) is 35.9. The fraction of sp³-hybridized carbons (Fsp3) is 0.704. The minimum absolute atomic E-state index is 0.140. The molecule has 1 spiro atoms. The van der Waals surface area contributed by atoms with Crippen LogP contribution in [0.25, 0.3) is 0 Å². The summed E-state index contributed by atoms with van der Waals surface area (Å²) in [5.41, 5.74) is 0.887. The first-order valence-electron chi connectivity index (χ1n) is 13.3.